The standard InChI is InChI=1S/C5H9N3O3/c1-5(2,11)3(4(9)10)7-8-6/h3,11H,1-2H3,(H,9,10). The summed E-state index contributed by atoms with van der Waals surface area (Å²) in [6, 6.07) is -1.44. The molecule has 1 unspecified atom stereocenters. The Hall–Kier alpha value is -1.26. The van der Waals surface area contributed by atoms with E-state index >= 15 is 0 Å². The Morgan fingerprint density at radius 1 is 1.73 bits per heavy atom. The summed E-state index contributed by atoms with van der Waals surface area (Å²) in [5, 5.41) is 20.5. The third-order valence-corrected chi connectivity index (χ3v) is 1.07. The molecule has 0 rings (SSSR count). The number of aliphatic hydroxyl groups is 1. The van der Waals surface area contributed by atoms with Crippen molar-refractivity contribution in [3.8, 4) is 0 Å². The lowest BCUT2D eigenvalue weighted by Gasteiger charge is -2.20. The van der Waals surface area contributed by atoms with Gasteiger partial charge in [-0.15, -0.1) is 0 Å². The fraction of sp³-hybridized carbons (Fsp3) is 0.800. The number of aliphatic carboxylic acids is 1. The summed E-state index contributed by atoms with van der Waals surface area (Å²) in [4.78, 5) is 12.6. The van der Waals surface area contributed by atoms with E-state index in [1.54, 1.807) is 0 Å². The normalized spacial score (nSPS) is 13.4. The minimum absolute atomic E-state index is 1.26. The Morgan fingerprint density at radius 2 is 2.18 bits per heavy atom. The van der Waals surface area contributed by atoms with E-state index in [0.717, 1.165) is 0 Å². The molecule has 6 heteroatoms. The Balaban J connectivity index is 4.61. The maximum atomic E-state index is 10.3. The quantitative estimate of drug-likeness (QED) is 0.356. The summed E-state index contributed by atoms with van der Waals surface area (Å²) in [6.07, 6.45) is 0. The maximum absolute atomic E-state index is 10.3. The van der Waals surface area contributed by atoms with Gasteiger partial charge in [0.25, 0.3) is 0 Å². The smallest absolute Gasteiger partial charge is 0.315 e. The molecule has 62 valence electrons. The molecule has 0 heterocycles. The van der Waals surface area contributed by atoms with Gasteiger partial charge in [-0.1, -0.05) is 5.11 Å². The summed E-state index contributed by atoms with van der Waals surface area (Å²) < 4.78 is 0. The van der Waals surface area contributed by atoms with E-state index < -0.39 is 17.6 Å². The first kappa shape index (κ1) is 9.74. The summed E-state index contributed by atoms with van der Waals surface area (Å²) >= 11 is 0. The van der Waals surface area contributed by atoms with Crippen molar-refractivity contribution in [1.29, 1.82) is 0 Å². The number of azide groups is 1. The van der Waals surface area contributed by atoms with Gasteiger partial charge >= 0.3 is 5.97 Å². The van der Waals surface area contributed by atoms with E-state index in [1.165, 1.54) is 13.8 Å². The minimum atomic E-state index is -1.53. The van der Waals surface area contributed by atoms with Gasteiger partial charge in [-0.3, -0.25) is 4.79 Å². The molecule has 0 amide bonds. The number of nitrogens with zero attached hydrogens (tertiary/aromatic N) is 3. The van der Waals surface area contributed by atoms with E-state index in [2.05, 4.69) is 10.0 Å². The zero-order chi connectivity index (χ0) is 9.07. The van der Waals surface area contributed by atoms with E-state index in [0.29, 0.717) is 0 Å². The molecule has 1 atom stereocenters. The highest BCUT2D eigenvalue weighted by molar-refractivity contribution is 5.75. The minimum Gasteiger partial charge on any atom is -0.481 e. The Morgan fingerprint density at radius 3 is 2.27 bits per heavy atom. The molecule has 0 bridgehead atoms. The van der Waals surface area contributed by atoms with Gasteiger partial charge in [0, 0.05) is 4.91 Å². The summed E-state index contributed by atoms with van der Waals surface area (Å²) in [5.74, 6) is -1.34. The lowest BCUT2D eigenvalue weighted by molar-refractivity contribution is -0.143. The van der Waals surface area contributed by atoms with Crippen LogP contribution in [0.3, 0.4) is 0 Å². The van der Waals surface area contributed by atoms with E-state index in [-0.39, 0.29) is 0 Å². The Labute approximate surface area is 63.1 Å². The Kier molecular flexibility index (Phi) is 2.86. The van der Waals surface area contributed by atoms with Crippen molar-refractivity contribution in [3.63, 3.8) is 0 Å². The number of hydrogen-bond acceptors (Lipinski definition) is 3. The van der Waals surface area contributed by atoms with E-state index in [1.807, 2.05) is 0 Å². The van der Waals surface area contributed by atoms with Crippen molar-refractivity contribution in [3.05, 3.63) is 10.4 Å². The van der Waals surface area contributed by atoms with E-state index in [9.17, 15) is 4.79 Å². The van der Waals surface area contributed by atoms with Crippen molar-refractivity contribution in [2.24, 2.45) is 5.11 Å². The molecule has 0 spiro atoms. The number of carboxylic acid groups (broad SMARTS) is 1. The third kappa shape index (κ3) is 2.88. The lowest BCUT2D eigenvalue weighted by atomic mass is 10.0. The largest absolute Gasteiger partial charge is 0.481 e. The zero-order valence-corrected chi connectivity index (χ0v) is 6.22. The molecule has 0 aliphatic carbocycles. The summed E-state index contributed by atoms with van der Waals surface area (Å²) in [7, 11) is 0. The molecule has 0 aliphatic heterocycles. The first-order valence-electron chi connectivity index (χ1n) is 2.89. The van der Waals surface area contributed by atoms with Gasteiger partial charge in [0.2, 0.25) is 0 Å². The summed E-state index contributed by atoms with van der Waals surface area (Å²) in [5.41, 5.74) is 6.40. The van der Waals surface area contributed by atoms with Crippen LogP contribution in [0.5, 0.6) is 0 Å². The molecular weight excluding hydrogens is 150 g/mol. The van der Waals surface area contributed by atoms with Gasteiger partial charge in [-0.2, -0.15) is 0 Å². The molecule has 0 saturated heterocycles. The molecule has 0 aromatic carbocycles. The first-order valence-corrected chi connectivity index (χ1v) is 2.89. The molecule has 2 N–H and O–H groups in total. The molecule has 0 saturated carbocycles. The van der Waals surface area contributed by atoms with Crippen LogP contribution in [-0.4, -0.2) is 27.8 Å². The topological polar surface area (TPSA) is 106 Å². The number of rotatable bonds is 3. The maximum Gasteiger partial charge on any atom is 0.315 e. The average molecular weight is 159 g/mol. The van der Waals surface area contributed by atoms with Crippen LogP contribution in [0, 0.1) is 0 Å². The second-order valence-corrected chi connectivity index (χ2v) is 2.60. The van der Waals surface area contributed by atoms with Crippen LogP contribution < -0.4 is 0 Å². The van der Waals surface area contributed by atoms with Crippen LogP contribution in [0.4, 0.5) is 0 Å². The average Bonchev–Trinajstić information content (AvgIpc) is 1.79. The SMILES string of the molecule is CC(C)(O)C(N=[N+]=[N-])C(=O)O. The van der Waals surface area contributed by atoms with Crippen LogP contribution in [0.15, 0.2) is 5.11 Å². The van der Waals surface area contributed by atoms with Crippen molar-refractivity contribution in [2.75, 3.05) is 0 Å². The van der Waals surface area contributed by atoms with Gasteiger partial charge in [-0.25, -0.2) is 0 Å². The van der Waals surface area contributed by atoms with E-state index in [4.69, 9.17) is 15.7 Å². The fourth-order valence-electron chi connectivity index (χ4n) is 0.544. The number of carboxylic acids is 1. The van der Waals surface area contributed by atoms with Crippen LogP contribution in [0.1, 0.15) is 13.8 Å². The molecule has 11 heavy (non-hydrogen) atoms. The summed E-state index contributed by atoms with van der Waals surface area (Å²) in [6.45, 7) is 2.53. The van der Waals surface area contributed by atoms with Gasteiger partial charge in [0.1, 0.15) is 0 Å². The zero-order valence-electron chi connectivity index (χ0n) is 6.22. The highest BCUT2D eigenvalue weighted by Gasteiger charge is 2.32. The first-order chi connectivity index (χ1) is 4.89. The Bertz CT molecular complexity index is 200. The molecule has 0 radical (unpaired) electrons. The second-order valence-electron chi connectivity index (χ2n) is 2.60. The van der Waals surface area contributed by atoms with Crippen molar-refractivity contribution >= 4 is 5.97 Å². The highest BCUT2D eigenvalue weighted by Crippen LogP contribution is 2.12. The lowest BCUT2D eigenvalue weighted by Crippen LogP contribution is -2.40. The van der Waals surface area contributed by atoms with Gasteiger partial charge in [0.05, 0.1) is 5.60 Å². The van der Waals surface area contributed by atoms with Crippen LogP contribution in [-0.2, 0) is 4.79 Å². The highest BCUT2D eigenvalue weighted by atomic mass is 16.4. The number of hydrogen-bond donors (Lipinski definition) is 2. The second kappa shape index (κ2) is 3.23. The van der Waals surface area contributed by atoms with Crippen molar-refractivity contribution in [1.82, 2.24) is 0 Å². The fourth-order valence-corrected chi connectivity index (χ4v) is 0.544. The van der Waals surface area contributed by atoms with Crippen molar-refractivity contribution in [2.45, 2.75) is 25.5 Å². The predicted molar refractivity (Wildman–Crippen MR) is 36.9 cm³/mol. The van der Waals surface area contributed by atoms with Gasteiger partial charge < -0.3 is 10.2 Å². The van der Waals surface area contributed by atoms with Crippen LogP contribution >= 0.6 is 0 Å². The monoisotopic (exact) mass is 159 g/mol. The van der Waals surface area contributed by atoms with Crippen LogP contribution in [0.2, 0.25) is 0 Å². The molecule has 0 aromatic rings. The molecule has 6 nitrogen and oxygen atoms in total. The van der Waals surface area contributed by atoms with Gasteiger partial charge in [0.15, 0.2) is 6.04 Å². The molecule has 0 aromatic heterocycles. The molecule has 0 aliphatic rings. The third-order valence-electron chi connectivity index (χ3n) is 1.07. The van der Waals surface area contributed by atoms with Gasteiger partial charge in [-0.05, 0) is 19.4 Å². The number of carbonyl (C=O) groups is 1. The molecule has 0 fully saturated rings. The predicted octanol–water partition coefficient (Wildman–Crippen LogP) is 0.521. The van der Waals surface area contributed by atoms with Crippen LogP contribution in [0.25, 0.3) is 10.4 Å². The van der Waals surface area contributed by atoms with Crippen molar-refractivity contribution < 1.29 is 15.0 Å². The molecular formula is C5H9N3O3.